The van der Waals surface area contributed by atoms with E-state index in [4.69, 9.17) is 0 Å². The molecule has 0 saturated carbocycles. The molecule has 32 heavy (non-hydrogen) atoms. The number of hydrogen-bond acceptors (Lipinski definition) is 4. The van der Waals surface area contributed by atoms with Crippen molar-refractivity contribution < 1.29 is 18.0 Å². The van der Waals surface area contributed by atoms with Crippen molar-refractivity contribution in [3.63, 3.8) is 0 Å². The van der Waals surface area contributed by atoms with Gasteiger partial charge >= 0.3 is 0 Å². The molecule has 174 valence electrons. The Kier molecular flexibility index (Phi) is 9.26. The van der Waals surface area contributed by atoms with Crippen molar-refractivity contribution in [3.8, 4) is 0 Å². The highest BCUT2D eigenvalue weighted by molar-refractivity contribution is 7.92. The minimum Gasteiger partial charge on any atom is -0.355 e. The number of carbonyl (C=O) groups excluding carboxylic acids is 2. The van der Waals surface area contributed by atoms with Crippen molar-refractivity contribution in [2.75, 3.05) is 30.2 Å². The number of rotatable bonds is 11. The SMILES string of the molecule is CCNC(=O)C(CC)N(CCc1ccccc1)C(=O)CN(c1cccc(C)c1)S(C)(=O)=O. The van der Waals surface area contributed by atoms with Crippen LogP contribution in [0.3, 0.4) is 0 Å². The molecular weight excluding hydrogens is 426 g/mol. The van der Waals surface area contributed by atoms with Gasteiger partial charge in [0.25, 0.3) is 0 Å². The molecule has 0 aliphatic heterocycles. The Morgan fingerprint density at radius 1 is 1.03 bits per heavy atom. The fourth-order valence-electron chi connectivity index (χ4n) is 3.58. The summed E-state index contributed by atoms with van der Waals surface area (Å²) in [5.41, 5.74) is 2.35. The summed E-state index contributed by atoms with van der Waals surface area (Å²) in [7, 11) is -3.71. The third kappa shape index (κ3) is 7.09. The van der Waals surface area contributed by atoms with Gasteiger partial charge in [0, 0.05) is 13.1 Å². The van der Waals surface area contributed by atoms with Crippen molar-refractivity contribution in [3.05, 3.63) is 65.7 Å². The zero-order valence-electron chi connectivity index (χ0n) is 19.2. The second-order valence-electron chi connectivity index (χ2n) is 7.75. The van der Waals surface area contributed by atoms with Gasteiger partial charge in [0.1, 0.15) is 12.6 Å². The Hall–Kier alpha value is -2.87. The third-order valence-electron chi connectivity index (χ3n) is 5.19. The largest absolute Gasteiger partial charge is 0.355 e. The van der Waals surface area contributed by atoms with Crippen molar-refractivity contribution in [2.45, 2.75) is 39.7 Å². The maximum Gasteiger partial charge on any atom is 0.244 e. The Bertz CT molecular complexity index is 1010. The number of aryl methyl sites for hydroxylation is 1. The lowest BCUT2D eigenvalue weighted by atomic mass is 10.1. The third-order valence-corrected chi connectivity index (χ3v) is 6.33. The maximum absolute atomic E-state index is 13.4. The topological polar surface area (TPSA) is 86.8 Å². The van der Waals surface area contributed by atoms with Gasteiger partial charge in [-0.2, -0.15) is 0 Å². The smallest absolute Gasteiger partial charge is 0.244 e. The van der Waals surface area contributed by atoms with Gasteiger partial charge in [-0.3, -0.25) is 13.9 Å². The number of nitrogens with zero attached hydrogens (tertiary/aromatic N) is 2. The number of amides is 2. The molecule has 0 aromatic heterocycles. The molecule has 7 nitrogen and oxygen atoms in total. The van der Waals surface area contributed by atoms with Crippen LogP contribution < -0.4 is 9.62 Å². The molecule has 0 radical (unpaired) electrons. The number of hydrogen-bond donors (Lipinski definition) is 1. The average Bonchev–Trinajstić information content (AvgIpc) is 2.74. The molecule has 2 aromatic rings. The number of carbonyl (C=O) groups is 2. The molecule has 1 atom stereocenters. The van der Waals surface area contributed by atoms with Gasteiger partial charge in [-0.15, -0.1) is 0 Å². The second kappa shape index (κ2) is 11.7. The van der Waals surface area contributed by atoms with Crippen LogP contribution in [-0.2, 0) is 26.0 Å². The molecule has 0 spiro atoms. The summed E-state index contributed by atoms with van der Waals surface area (Å²) in [4.78, 5) is 27.6. The predicted molar refractivity (Wildman–Crippen MR) is 128 cm³/mol. The van der Waals surface area contributed by atoms with Crippen LogP contribution in [0, 0.1) is 6.92 Å². The molecule has 1 unspecified atom stereocenters. The highest BCUT2D eigenvalue weighted by Crippen LogP contribution is 2.20. The van der Waals surface area contributed by atoms with E-state index < -0.39 is 22.0 Å². The molecule has 1 N–H and O–H groups in total. The van der Waals surface area contributed by atoms with Gasteiger partial charge in [-0.25, -0.2) is 8.42 Å². The Morgan fingerprint density at radius 2 is 1.72 bits per heavy atom. The molecule has 0 saturated heterocycles. The Morgan fingerprint density at radius 3 is 2.28 bits per heavy atom. The predicted octanol–water partition coefficient (Wildman–Crippen LogP) is 2.75. The van der Waals surface area contributed by atoms with Gasteiger partial charge in [0.2, 0.25) is 21.8 Å². The average molecular weight is 460 g/mol. The van der Waals surface area contributed by atoms with E-state index in [1.807, 2.05) is 57.2 Å². The molecule has 0 bridgehead atoms. The van der Waals surface area contributed by atoms with Crippen molar-refractivity contribution in [1.29, 1.82) is 0 Å². The van der Waals surface area contributed by atoms with Gasteiger partial charge < -0.3 is 10.2 Å². The molecule has 2 aromatic carbocycles. The number of benzene rings is 2. The standard InChI is InChI=1S/C24H33N3O4S/c1-5-22(24(29)25-6-2)26(16-15-20-12-8-7-9-13-20)23(28)18-27(32(4,30)31)21-14-10-11-19(3)17-21/h7-14,17,22H,5-6,15-16,18H2,1-4H3,(H,25,29). The van der Waals surface area contributed by atoms with E-state index in [0.29, 0.717) is 31.6 Å². The molecular formula is C24H33N3O4S. The fourth-order valence-corrected chi connectivity index (χ4v) is 4.43. The molecule has 0 aliphatic rings. The lowest BCUT2D eigenvalue weighted by Crippen LogP contribution is -2.53. The van der Waals surface area contributed by atoms with Crippen molar-refractivity contribution in [2.24, 2.45) is 0 Å². The quantitative estimate of drug-likeness (QED) is 0.560. The van der Waals surface area contributed by atoms with E-state index in [0.717, 1.165) is 21.7 Å². The number of anilines is 1. The van der Waals surface area contributed by atoms with Gasteiger partial charge in [0.15, 0.2) is 0 Å². The molecule has 2 rings (SSSR count). The summed E-state index contributed by atoms with van der Waals surface area (Å²) < 4.78 is 26.2. The number of nitrogens with one attached hydrogen (secondary N) is 1. The molecule has 0 aliphatic carbocycles. The van der Waals surface area contributed by atoms with Gasteiger partial charge in [0.05, 0.1) is 11.9 Å². The first kappa shape index (κ1) is 25.4. The van der Waals surface area contributed by atoms with E-state index in [2.05, 4.69) is 5.32 Å². The highest BCUT2D eigenvalue weighted by Gasteiger charge is 2.31. The zero-order valence-corrected chi connectivity index (χ0v) is 20.1. The van der Waals surface area contributed by atoms with E-state index in [-0.39, 0.29) is 12.5 Å². The van der Waals surface area contributed by atoms with Crippen LogP contribution >= 0.6 is 0 Å². The van der Waals surface area contributed by atoms with E-state index in [1.165, 1.54) is 4.90 Å². The number of likely N-dealkylation sites (N-methyl/N-ethyl adjacent to an activating group) is 1. The summed E-state index contributed by atoms with van der Waals surface area (Å²) in [6.45, 7) is 5.92. The first-order valence-electron chi connectivity index (χ1n) is 10.8. The highest BCUT2D eigenvalue weighted by atomic mass is 32.2. The lowest BCUT2D eigenvalue weighted by molar-refractivity contribution is -0.139. The van der Waals surface area contributed by atoms with Crippen molar-refractivity contribution >= 4 is 27.5 Å². The van der Waals surface area contributed by atoms with Crippen LogP contribution in [-0.4, -0.2) is 57.1 Å². The minimum absolute atomic E-state index is 0.238. The first-order valence-corrected chi connectivity index (χ1v) is 12.7. The summed E-state index contributed by atoms with van der Waals surface area (Å²) in [5.74, 6) is -0.649. The lowest BCUT2D eigenvalue weighted by Gasteiger charge is -2.32. The summed E-state index contributed by atoms with van der Waals surface area (Å²) in [6.07, 6.45) is 2.07. The van der Waals surface area contributed by atoms with Crippen molar-refractivity contribution in [1.82, 2.24) is 10.2 Å². The van der Waals surface area contributed by atoms with Crippen LogP contribution in [0.25, 0.3) is 0 Å². The summed E-state index contributed by atoms with van der Waals surface area (Å²) in [6, 6.07) is 16.0. The minimum atomic E-state index is -3.71. The van der Waals surface area contributed by atoms with E-state index >= 15 is 0 Å². The molecule has 8 heteroatoms. The molecule has 0 heterocycles. The van der Waals surface area contributed by atoms with E-state index in [1.54, 1.807) is 18.2 Å². The van der Waals surface area contributed by atoms with Crippen LogP contribution in [0.5, 0.6) is 0 Å². The van der Waals surface area contributed by atoms with Gasteiger partial charge in [-0.05, 0) is 49.9 Å². The summed E-state index contributed by atoms with van der Waals surface area (Å²) >= 11 is 0. The monoisotopic (exact) mass is 459 g/mol. The fraction of sp³-hybridized carbons (Fsp3) is 0.417. The van der Waals surface area contributed by atoms with E-state index in [9.17, 15) is 18.0 Å². The second-order valence-corrected chi connectivity index (χ2v) is 9.66. The first-order chi connectivity index (χ1) is 15.2. The normalized spacial score (nSPS) is 12.1. The Balaban J connectivity index is 2.34. The van der Waals surface area contributed by atoms with Crippen LogP contribution in [0.15, 0.2) is 54.6 Å². The maximum atomic E-state index is 13.4. The number of sulfonamides is 1. The summed E-state index contributed by atoms with van der Waals surface area (Å²) in [5, 5.41) is 2.79. The molecule has 0 fully saturated rings. The van der Waals surface area contributed by atoms with Crippen LogP contribution in [0.4, 0.5) is 5.69 Å². The molecule has 2 amide bonds. The van der Waals surface area contributed by atoms with Crippen LogP contribution in [0.1, 0.15) is 31.4 Å². The van der Waals surface area contributed by atoms with Crippen LogP contribution in [0.2, 0.25) is 0 Å². The van der Waals surface area contributed by atoms with Gasteiger partial charge in [-0.1, -0.05) is 49.4 Å². The zero-order chi connectivity index (χ0) is 23.7. The Labute approximate surface area is 191 Å².